The molecule has 0 aromatic heterocycles. The number of alkyl halides is 3. The molecule has 164 valence electrons. The highest BCUT2D eigenvalue weighted by Gasteiger charge is 2.30. The zero-order valence-corrected chi connectivity index (χ0v) is 19.3. The first-order chi connectivity index (χ1) is 14.7. The molecule has 31 heavy (non-hydrogen) atoms. The van der Waals surface area contributed by atoms with Crippen molar-refractivity contribution >= 4 is 29.9 Å². The molecule has 0 radical (unpaired) electrons. The van der Waals surface area contributed by atoms with Gasteiger partial charge in [0.2, 0.25) is 0 Å². The number of rotatable bonds is 7. The lowest BCUT2D eigenvalue weighted by Gasteiger charge is -2.12. The monoisotopic (exact) mass is 541 g/mol. The summed E-state index contributed by atoms with van der Waals surface area (Å²) < 4.78 is 49.6. The lowest BCUT2D eigenvalue weighted by molar-refractivity contribution is -0.274. The van der Waals surface area contributed by atoms with Crippen molar-refractivity contribution in [1.82, 2.24) is 0 Å². The Labute approximate surface area is 189 Å². The second-order valence-corrected chi connectivity index (χ2v) is 10.5. The molecule has 0 heterocycles. The Morgan fingerprint density at radius 3 is 2.10 bits per heavy atom. The minimum atomic E-state index is -4.71. The van der Waals surface area contributed by atoms with Gasteiger partial charge in [-0.05, 0) is 76.5 Å². The molecule has 2 N–H and O–H groups in total. The third-order valence-electron chi connectivity index (χ3n) is 4.34. The van der Waals surface area contributed by atoms with E-state index in [1.54, 1.807) is 27.8 Å². The van der Waals surface area contributed by atoms with Gasteiger partial charge in [-0.15, -0.1) is 13.2 Å². The van der Waals surface area contributed by atoms with Crippen LogP contribution in [0.3, 0.4) is 0 Å². The molecule has 3 aromatic rings. The van der Waals surface area contributed by atoms with E-state index in [0.29, 0.717) is 17.2 Å². The highest BCUT2D eigenvalue weighted by Crippen LogP contribution is 2.33. The van der Waals surface area contributed by atoms with E-state index in [2.05, 4.69) is 30.7 Å². The lowest BCUT2D eigenvalue weighted by Crippen LogP contribution is -2.16. The molecule has 0 saturated carbocycles. The Hall–Kier alpha value is -2.55. The first-order valence-electron chi connectivity index (χ1n) is 9.74. The predicted octanol–water partition coefficient (Wildman–Crippen LogP) is 7.76. The Balaban J connectivity index is 1.70. The van der Waals surface area contributed by atoms with E-state index in [0.717, 1.165) is 11.1 Å². The Morgan fingerprint density at radius 1 is 0.903 bits per heavy atom. The van der Waals surface area contributed by atoms with Gasteiger partial charge in [-0.3, -0.25) is 0 Å². The van der Waals surface area contributed by atoms with E-state index in [-0.39, 0.29) is 26.5 Å². The van der Waals surface area contributed by atoms with Gasteiger partial charge in [-0.25, -0.2) is 0 Å². The summed E-state index contributed by atoms with van der Waals surface area (Å²) in [5.41, 5.74) is 8.08. The van der Waals surface area contributed by atoms with E-state index in [4.69, 9.17) is 10.5 Å². The summed E-state index contributed by atoms with van der Waals surface area (Å²) >= 11 is -0.0982. The maximum atomic E-state index is 12.3. The molecule has 0 bridgehead atoms. The van der Waals surface area contributed by atoms with Crippen molar-refractivity contribution in [2.24, 2.45) is 0 Å². The van der Waals surface area contributed by atoms with Crippen LogP contribution in [0.1, 0.15) is 26.7 Å². The van der Waals surface area contributed by atoms with Crippen molar-refractivity contribution in [2.75, 3.05) is 5.73 Å². The van der Waals surface area contributed by atoms with Crippen LogP contribution in [0.25, 0.3) is 11.1 Å². The van der Waals surface area contributed by atoms with Crippen LogP contribution in [0.15, 0.2) is 66.7 Å². The van der Waals surface area contributed by atoms with Crippen LogP contribution in [0.4, 0.5) is 18.9 Å². The summed E-state index contributed by atoms with van der Waals surface area (Å²) in [5, 5.41) is 0. The smallest absolute Gasteiger partial charge is 0.455 e. The maximum Gasteiger partial charge on any atom is 0.573 e. The zero-order chi connectivity index (χ0) is 22.4. The minimum absolute atomic E-state index is 0.0982. The third kappa shape index (κ3) is 6.99. The molecule has 3 aromatic carbocycles. The summed E-state index contributed by atoms with van der Waals surface area (Å²) in [4.78, 5) is 0. The molecular formula is C24H23F3INO2. The van der Waals surface area contributed by atoms with Crippen LogP contribution in [0.5, 0.6) is 17.2 Å². The fourth-order valence-corrected chi connectivity index (χ4v) is 5.53. The SMILES string of the molecule is CCCC(C)=Ic1ccc(Oc2ccc(-c3ccc(OC(F)(F)F)cc3)cc2N)cc1. The Morgan fingerprint density at radius 2 is 1.52 bits per heavy atom. The van der Waals surface area contributed by atoms with Gasteiger partial charge < -0.3 is 15.2 Å². The molecule has 0 unspecified atom stereocenters. The van der Waals surface area contributed by atoms with Gasteiger partial charge in [0.15, 0.2) is 0 Å². The molecule has 0 amide bonds. The fraction of sp³-hybridized carbons (Fsp3) is 0.208. The first-order valence-corrected chi connectivity index (χ1v) is 11.9. The van der Waals surface area contributed by atoms with E-state index >= 15 is 0 Å². The van der Waals surface area contributed by atoms with E-state index in [1.165, 1.54) is 28.5 Å². The number of halogens is 4. The van der Waals surface area contributed by atoms with Crippen molar-refractivity contribution in [3.8, 4) is 28.4 Å². The normalized spacial score (nSPS) is 12.2. The van der Waals surface area contributed by atoms with Crippen LogP contribution in [0, 0.1) is 3.57 Å². The van der Waals surface area contributed by atoms with Gasteiger partial charge in [-0.1, -0.05) is 52.3 Å². The summed E-state index contributed by atoms with van der Waals surface area (Å²) in [6.07, 6.45) is -2.36. The minimum Gasteiger partial charge on any atom is -0.455 e. The van der Waals surface area contributed by atoms with E-state index in [9.17, 15) is 13.2 Å². The predicted molar refractivity (Wildman–Crippen MR) is 128 cm³/mol. The largest absolute Gasteiger partial charge is 0.573 e. The highest BCUT2D eigenvalue weighted by atomic mass is 127. The van der Waals surface area contributed by atoms with Crippen molar-refractivity contribution in [1.29, 1.82) is 0 Å². The van der Waals surface area contributed by atoms with Gasteiger partial charge >= 0.3 is 6.36 Å². The van der Waals surface area contributed by atoms with Crippen molar-refractivity contribution in [2.45, 2.75) is 33.1 Å². The van der Waals surface area contributed by atoms with Crippen molar-refractivity contribution in [3.63, 3.8) is 0 Å². The second kappa shape index (κ2) is 10.2. The molecule has 0 fully saturated rings. The third-order valence-corrected chi connectivity index (χ3v) is 7.14. The molecule has 0 saturated heterocycles. The molecule has 0 aliphatic carbocycles. The fourth-order valence-electron chi connectivity index (χ4n) is 2.94. The quantitative estimate of drug-likeness (QED) is 0.246. The van der Waals surface area contributed by atoms with Gasteiger partial charge in [0, 0.05) is 3.57 Å². The number of nitrogens with two attached hydrogens (primary N) is 1. The van der Waals surface area contributed by atoms with E-state index in [1.807, 2.05) is 18.2 Å². The highest BCUT2D eigenvalue weighted by molar-refractivity contribution is 14.2. The average molecular weight is 541 g/mol. The Bertz CT molecular complexity index is 1050. The van der Waals surface area contributed by atoms with Crippen molar-refractivity contribution < 1.29 is 22.6 Å². The Kier molecular flexibility index (Phi) is 7.59. The van der Waals surface area contributed by atoms with Gasteiger partial charge in [0.05, 0.1) is 5.69 Å². The number of hydrogen-bond acceptors (Lipinski definition) is 3. The summed E-state index contributed by atoms with van der Waals surface area (Å²) in [5.74, 6) is 0.962. The number of ether oxygens (including phenoxy) is 2. The molecule has 0 aliphatic heterocycles. The molecule has 3 rings (SSSR count). The van der Waals surface area contributed by atoms with Crippen LogP contribution in [-0.4, -0.2) is 9.87 Å². The maximum absolute atomic E-state index is 12.3. The zero-order valence-electron chi connectivity index (χ0n) is 17.2. The number of nitrogen functional groups attached to an aromatic ring is 1. The summed E-state index contributed by atoms with van der Waals surface area (Å²) in [6.45, 7) is 4.41. The molecule has 0 aliphatic rings. The number of benzene rings is 3. The topological polar surface area (TPSA) is 44.5 Å². The van der Waals surface area contributed by atoms with Crippen LogP contribution in [0.2, 0.25) is 0 Å². The first kappa shape index (κ1) is 23.1. The lowest BCUT2D eigenvalue weighted by atomic mass is 10.0. The average Bonchev–Trinajstić information content (AvgIpc) is 2.70. The van der Waals surface area contributed by atoms with Crippen LogP contribution in [-0.2, 0) is 0 Å². The van der Waals surface area contributed by atoms with Crippen LogP contribution < -0.4 is 15.2 Å². The van der Waals surface area contributed by atoms with Gasteiger partial charge in [0.25, 0.3) is 0 Å². The standard InChI is InChI=1S/C24H23F3INO2/c1-3-4-16(2)28-19-8-12-20(13-9-19)30-23-14-7-18(15-22(23)29)17-5-10-21(11-6-17)31-24(25,26)27/h5-15H,3-4,29H2,1-2H3. The second-order valence-electron chi connectivity index (χ2n) is 6.90. The molecule has 0 atom stereocenters. The van der Waals surface area contributed by atoms with Crippen LogP contribution >= 0.6 is 20.7 Å². The number of hydrogen-bond donors (Lipinski definition) is 1. The molecule has 0 spiro atoms. The van der Waals surface area contributed by atoms with Gasteiger partial charge in [0.1, 0.15) is 17.2 Å². The molecule has 7 heteroatoms. The summed E-state index contributed by atoms with van der Waals surface area (Å²) in [7, 11) is 0. The number of anilines is 1. The van der Waals surface area contributed by atoms with Crippen molar-refractivity contribution in [3.05, 3.63) is 70.3 Å². The summed E-state index contributed by atoms with van der Waals surface area (Å²) in [6, 6.07) is 19.0. The molecule has 3 nitrogen and oxygen atoms in total. The van der Waals surface area contributed by atoms with Gasteiger partial charge in [-0.2, -0.15) is 0 Å². The molecular weight excluding hydrogens is 518 g/mol. The van der Waals surface area contributed by atoms with E-state index < -0.39 is 6.36 Å².